The monoisotopic (exact) mass is 290 g/mol. The van der Waals surface area contributed by atoms with E-state index in [2.05, 4.69) is 37.3 Å². The van der Waals surface area contributed by atoms with Crippen LogP contribution in [0.25, 0.3) is 22.4 Å². The molecule has 21 heavy (non-hydrogen) atoms. The highest BCUT2D eigenvalue weighted by atomic mass is 32.1. The van der Waals surface area contributed by atoms with Crippen LogP contribution in [0.3, 0.4) is 0 Å². The van der Waals surface area contributed by atoms with Crippen molar-refractivity contribution in [1.82, 2.24) is 15.0 Å². The molecule has 0 fully saturated rings. The van der Waals surface area contributed by atoms with Gasteiger partial charge in [0.05, 0.1) is 10.9 Å². The summed E-state index contributed by atoms with van der Waals surface area (Å²) in [6.07, 6.45) is 6.96. The molecule has 5 heteroatoms. The minimum absolute atomic E-state index is 0.511. The van der Waals surface area contributed by atoms with Crippen LogP contribution in [0.5, 0.6) is 0 Å². The zero-order valence-corrected chi connectivity index (χ0v) is 11.8. The van der Waals surface area contributed by atoms with E-state index in [0.717, 1.165) is 22.4 Å². The van der Waals surface area contributed by atoms with Crippen molar-refractivity contribution in [2.75, 3.05) is 0 Å². The van der Waals surface area contributed by atoms with Gasteiger partial charge in [0.1, 0.15) is 0 Å². The van der Waals surface area contributed by atoms with Crippen molar-refractivity contribution < 1.29 is 0 Å². The van der Waals surface area contributed by atoms with Crippen LogP contribution < -0.4 is 0 Å². The summed E-state index contributed by atoms with van der Waals surface area (Å²) in [4.78, 5) is 16.9. The van der Waals surface area contributed by atoms with E-state index in [1.54, 1.807) is 24.8 Å². The van der Waals surface area contributed by atoms with Crippen LogP contribution in [-0.4, -0.2) is 20.1 Å². The summed E-state index contributed by atoms with van der Waals surface area (Å²) in [5.41, 5.74) is 3.57. The summed E-state index contributed by atoms with van der Waals surface area (Å²) in [6, 6.07) is 11.5. The summed E-state index contributed by atoms with van der Waals surface area (Å²) in [6.45, 7) is 0. The second-order valence-corrected chi connectivity index (χ2v) is 4.40. The summed E-state index contributed by atoms with van der Waals surface area (Å²) in [5, 5.41) is 2.36. The molecular formula is C16H10N4S. The molecule has 0 N–H and O–H groups in total. The van der Waals surface area contributed by atoms with Gasteiger partial charge in [-0.25, -0.2) is 4.98 Å². The predicted octanol–water partition coefficient (Wildman–Crippen LogP) is 3.94. The van der Waals surface area contributed by atoms with Gasteiger partial charge in [-0.15, -0.1) is 0 Å². The molecule has 3 heterocycles. The summed E-state index contributed by atoms with van der Waals surface area (Å²) in [5.74, 6) is 0.511. The lowest BCUT2D eigenvalue weighted by atomic mass is 10.0. The molecule has 0 unspecified atom stereocenters. The van der Waals surface area contributed by atoms with Crippen molar-refractivity contribution in [2.45, 2.75) is 0 Å². The fourth-order valence-corrected chi connectivity index (χ4v) is 2.18. The van der Waals surface area contributed by atoms with Crippen LogP contribution in [0, 0.1) is 0 Å². The van der Waals surface area contributed by atoms with Gasteiger partial charge in [0.15, 0.2) is 5.82 Å². The smallest absolute Gasteiger partial charge is 0.172 e. The first-order chi connectivity index (χ1) is 10.4. The molecule has 3 aromatic rings. The van der Waals surface area contributed by atoms with Gasteiger partial charge in [-0.2, -0.15) is 4.99 Å². The molecule has 0 aromatic carbocycles. The average molecular weight is 290 g/mol. The second-order valence-electron chi connectivity index (χ2n) is 4.22. The van der Waals surface area contributed by atoms with Gasteiger partial charge in [-0.05, 0) is 36.5 Å². The summed E-state index contributed by atoms with van der Waals surface area (Å²) >= 11 is 4.68. The highest BCUT2D eigenvalue weighted by Gasteiger charge is 2.12. The van der Waals surface area contributed by atoms with E-state index in [1.165, 1.54) is 0 Å². The molecule has 0 spiro atoms. The number of aliphatic imine (C=N–C) groups is 1. The number of hydrogen-bond acceptors (Lipinski definition) is 5. The molecule has 3 aromatic heterocycles. The first-order valence-electron chi connectivity index (χ1n) is 6.29. The van der Waals surface area contributed by atoms with Gasteiger partial charge in [0, 0.05) is 41.5 Å². The number of pyridine rings is 3. The summed E-state index contributed by atoms with van der Waals surface area (Å²) in [7, 11) is 0. The maximum absolute atomic E-state index is 4.68. The molecule has 0 radical (unpaired) electrons. The number of isothiocyanates is 1. The number of thiocarbonyl (C=S) groups is 1. The molecule has 4 nitrogen and oxygen atoms in total. The van der Waals surface area contributed by atoms with Crippen LogP contribution in [0.4, 0.5) is 5.82 Å². The highest BCUT2D eigenvalue weighted by molar-refractivity contribution is 7.78. The number of nitrogens with zero attached hydrogens (tertiary/aromatic N) is 4. The first kappa shape index (κ1) is 13.2. The van der Waals surface area contributed by atoms with Crippen molar-refractivity contribution in [3.8, 4) is 22.4 Å². The Morgan fingerprint density at radius 1 is 0.905 bits per heavy atom. The Kier molecular flexibility index (Phi) is 3.87. The van der Waals surface area contributed by atoms with Crippen molar-refractivity contribution in [2.24, 2.45) is 4.99 Å². The molecular weight excluding hydrogens is 280 g/mol. The predicted molar refractivity (Wildman–Crippen MR) is 85.4 cm³/mol. The Balaban J connectivity index is 2.23. The molecule has 0 saturated carbocycles. The normalized spacial score (nSPS) is 9.90. The van der Waals surface area contributed by atoms with Crippen LogP contribution in [0.1, 0.15) is 0 Å². The molecule has 3 rings (SSSR count). The van der Waals surface area contributed by atoms with Crippen molar-refractivity contribution in [3.05, 3.63) is 61.2 Å². The molecule has 0 amide bonds. The van der Waals surface area contributed by atoms with Crippen LogP contribution >= 0.6 is 12.2 Å². The molecule has 0 aliphatic heterocycles. The first-order valence-corrected chi connectivity index (χ1v) is 6.69. The maximum atomic E-state index is 4.68. The van der Waals surface area contributed by atoms with Gasteiger partial charge < -0.3 is 0 Å². The standard InChI is InChI=1S/C16H10N4S/c21-11-20-16-14(6-3-9-19-16)15-13(5-2-8-18-15)12-4-1-7-17-10-12/h1-10H. The van der Waals surface area contributed by atoms with Gasteiger partial charge >= 0.3 is 0 Å². The Morgan fingerprint density at radius 3 is 2.43 bits per heavy atom. The van der Waals surface area contributed by atoms with E-state index in [1.807, 2.05) is 36.4 Å². The Hall–Kier alpha value is -2.75. The third-order valence-corrected chi connectivity index (χ3v) is 3.06. The van der Waals surface area contributed by atoms with E-state index in [9.17, 15) is 0 Å². The van der Waals surface area contributed by atoms with Crippen LogP contribution in [0.15, 0.2) is 66.2 Å². The third-order valence-electron chi connectivity index (χ3n) is 2.97. The van der Waals surface area contributed by atoms with Gasteiger partial charge in [0.2, 0.25) is 0 Å². The fourth-order valence-electron chi connectivity index (χ4n) is 2.09. The van der Waals surface area contributed by atoms with Crippen LogP contribution in [0.2, 0.25) is 0 Å². The van der Waals surface area contributed by atoms with E-state index in [4.69, 9.17) is 0 Å². The zero-order chi connectivity index (χ0) is 14.5. The number of rotatable bonds is 3. The van der Waals surface area contributed by atoms with Crippen molar-refractivity contribution in [1.29, 1.82) is 0 Å². The third kappa shape index (κ3) is 2.74. The molecule has 0 saturated heterocycles. The molecule has 0 aliphatic carbocycles. The number of aromatic nitrogens is 3. The van der Waals surface area contributed by atoms with E-state index >= 15 is 0 Å². The molecule has 0 atom stereocenters. The lowest BCUT2D eigenvalue weighted by molar-refractivity contribution is 1.25. The lowest BCUT2D eigenvalue weighted by Crippen LogP contribution is -1.90. The number of hydrogen-bond donors (Lipinski definition) is 0. The molecule has 0 bridgehead atoms. The minimum atomic E-state index is 0.511. The van der Waals surface area contributed by atoms with Crippen molar-refractivity contribution >= 4 is 23.2 Å². The minimum Gasteiger partial charge on any atom is -0.264 e. The Morgan fingerprint density at radius 2 is 1.67 bits per heavy atom. The van der Waals surface area contributed by atoms with E-state index in [0.29, 0.717) is 5.82 Å². The molecule has 100 valence electrons. The molecule has 0 aliphatic rings. The van der Waals surface area contributed by atoms with Gasteiger partial charge in [0.25, 0.3) is 0 Å². The van der Waals surface area contributed by atoms with Crippen LogP contribution in [-0.2, 0) is 0 Å². The highest BCUT2D eigenvalue weighted by Crippen LogP contribution is 2.33. The maximum Gasteiger partial charge on any atom is 0.172 e. The van der Waals surface area contributed by atoms with Gasteiger partial charge in [-0.1, -0.05) is 12.1 Å². The second kappa shape index (κ2) is 6.13. The topological polar surface area (TPSA) is 51.0 Å². The SMILES string of the molecule is S=C=Nc1ncccc1-c1ncccc1-c1cccnc1. The average Bonchev–Trinajstić information content (AvgIpc) is 2.57. The fraction of sp³-hybridized carbons (Fsp3) is 0. The quantitative estimate of drug-likeness (QED) is 0.541. The Bertz CT molecular complexity index is 811. The largest absolute Gasteiger partial charge is 0.264 e. The van der Waals surface area contributed by atoms with Crippen molar-refractivity contribution in [3.63, 3.8) is 0 Å². The zero-order valence-electron chi connectivity index (χ0n) is 11.0. The van der Waals surface area contributed by atoms with E-state index < -0.39 is 0 Å². The Labute approximate surface area is 127 Å². The van der Waals surface area contributed by atoms with Gasteiger partial charge in [-0.3, -0.25) is 9.97 Å². The van der Waals surface area contributed by atoms with E-state index in [-0.39, 0.29) is 0 Å². The summed E-state index contributed by atoms with van der Waals surface area (Å²) < 4.78 is 0. The lowest BCUT2D eigenvalue weighted by Gasteiger charge is -2.09.